The summed E-state index contributed by atoms with van der Waals surface area (Å²) in [7, 11) is 0. The number of nitrogens with zero attached hydrogens (tertiary/aromatic N) is 1. The predicted octanol–water partition coefficient (Wildman–Crippen LogP) is 0.966. The van der Waals surface area contributed by atoms with Gasteiger partial charge in [0.2, 0.25) is 5.91 Å². The molecule has 1 amide bonds. The van der Waals surface area contributed by atoms with Gasteiger partial charge in [0, 0.05) is 13.1 Å². The highest BCUT2D eigenvalue weighted by molar-refractivity contribution is 5.89. The molecule has 4 nitrogen and oxygen atoms in total. The summed E-state index contributed by atoms with van der Waals surface area (Å²) in [6, 6.07) is 0. The van der Waals surface area contributed by atoms with Crippen LogP contribution >= 0.6 is 0 Å². The lowest BCUT2D eigenvalue weighted by molar-refractivity contribution is -0.141. The number of rotatable bonds is 3. The molecule has 1 aliphatic heterocycles. The average Bonchev–Trinajstić information content (AvgIpc) is 2.88. The molecular formula is C11H17NO3. The molecule has 84 valence electrons. The van der Waals surface area contributed by atoms with E-state index in [1.54, 1.807) is 0 Å². The van der Waals surface area contributed by atoms with E-state index in [1.807, 2.05) is 4.90 Å². The molecular weight excluding hydrogens is 194 g/mol. The number of carbonyl (C=O) groups excluding carboxylic acids is 1. The first kappa shape index (κ1) is 10.5. The quantitative estimate of drug-likeness (QED) is 0.756. The van der Waals surface area contributed by atoms with Gasteiger partial charge < -0.3 is 10.0 Å². The monoisotopic (exact) mass is 211 g/mol. The van der Waals surface area contributed by atoms with Crippen molar-refractivity contribution in [1.29, 1.82) is 0 Å². The minimum Gasteiger partial charge on any atom is -0.481 e. The molecule has 1 N–H and O–H groups in total. The highest BCUT2D eigenvalue weighted by atomic mass is 16.4. The van der Waals surface area contributed by atoms with Crippen LogP contribution in [0.4, 0.5) is 0 Å². The summed E-state index contributed by atoms with van der Waals surface area (Å²) in [5.74, 6) is -0.759. The van der Waals surface area contributed by atoms with Crippen LogP contribution in [0, 0.1) is 17.8 Å². The Bertz CT molecular complexity index is 290. The van der Waals surface area contributed by atoms with Crippen LogP contribution in [-0.2, 0) is 9.59 Å². The lowest BCUT2D eigenvalue weighted by atomic mass is 10.1. The van der Waals surface area contributed by atoms with E-state index >= 15 is 0 Å². The molecule has 15 heavy (non-hydrogen) atoms. The van der Waals surface area contributed by atoms with E-state index in [2.05, 4.69) is 6.92 Å². The van der Waals surface area contributed by atoms with Crippen LogP contribution in [0.15, 0.2) is 0 Å². The highest BCUT2D eigenvalue weighted by Crippen LogP contribution is 2.41. The number of carbonyl (C=O) groups is 2. The zero-order valence-corrected chi connectivity index (χ0v) is 8.98. The molecule has 0 radical (unpaired) electrons. The fourth-order valence-corrected chi connectivity index (χ4v) is 2.34. The Morgan fingerprint density at radius 1 is 1.40 bits per heavy atom. The van der Waals surface area contributed by atoms with Gasteiger partial charge in [0.25, 0.3) is 0 Å². The van der Waals surface area contributed by atoms with Crippen molar-refractivity contribution in [2.24, 2.45) is 17.8 Å². The van der Waals surface area contributed by atoms with Crippen LogP contribution in [0.1, 0.15) is 26.2 Å². The normalized spacial score (nSPS) is 34.2. The second-order valence-corrected chi connectivity index (χ2v) is 4.63. The van der Waals surface area contributed by atoms with Crippen LogP contribution in [0.25, 0.3) is 0 Å². The van der Waals surface area contributed by atoms with Gasteiger partial charge in [-0.2, -0.15) is 0 Å². The molecule has 1 aliphatic carbocycles. The van der Waals surface area contributed by atoms with Gasteiger partial charge >= 0.3 is 5.97 Å². The number of likely N-dealkylation sites (tertiary alicyclic amines) is 1. The van der Waals surface area contributed by atoms with Crippen LogP contribution in [-0.4, -0.2) is 35.0 Å². The maximum atomic E-state index is 11.8. The van der Waals surface area contributed by atoms with E-state index in [0.29, 0.717) is 12.3 Å². The van der Waals surface area contributed by atoms with E-state index in [0.717, 1.165) is 25.9 Å². The Hall–Kier alpha value is -1.06. The van der Waals surface area contributed by atoms with Crippen molar-refractivity contribution < 1.29 is 14.7 Å². The summed E-state index contributed by atoms with van der Waals surface area (Å²) in [6.45, 7) is 3.79. The van der Waals surface area contributed by atoms with Gasteiger partial charge in [-0.3, -0.25) is 9.59 Å². The molecule has 1 saturated carbocycles. The lowest BCUT2D eigenvalue weighted by Crippen LogP contribution is -2.31. The second kappa shape index (κ2) is 3.83. The van der Waals surface area contributed by atoms with Crippen LogP contribution in [0.3, 0.4) is 0 Å². The van der Waals surface area contributed by atoms with E-state index < -0.39 is 11.9 Å². The molecule has 2 fully saturated rings. The molecule has 0 aromatic heterocycles. The Labute approximate surface area is 89.3 Å². The van der Waals surface area contributed by atoms with Gasteiger partial charge in [0.05, 0.1) is 11.8 Å². The summed E-state index contributed by atoms with van der Waals surface area (Å²) in [4.78, 5) is 24.3. The third-order valence-corrected chi connectivity index (χ3v) is 3.60. The van der Waals surface area contributed by atoms with E-state index in [1.165, 1.54) is 0 Å². The number of aliphatic carboxylic acids is 1. The number of hydrogen-bond donors (Lipinski definition) is 1. The summed E-state index contributed by atoms with van der Waals surface area (Å²) in [6.07, 6.45) is 2.73. The van der Waals surface area contributed by atoms with Crippen molar-refractivity contribution >= 4 is 11.9 Å². The predicted molar refractivity (Wildman–Crippen MR) is 54.2 cm³/mol. The lowest BCUT2D eigenvalue weighted by Gasteiger charge is -2.15. The van der Waals surface area contributed by atoms with Gasteiger partial charge in [-0.25, -0.2) is 0 Å². The molecule has 1 heterocycles. The fourth-order valence-electron chi connectivity index (χ4n) is 2.34. The Kier molecular flexibility index (Phi) is 2.67. The average molecular weight is 211 g/mol. The third-order valence-electron chi connectivity index (χ3n) is 3.60. The van der Waals surface area contributed by atoms with Crippen molar-refractivity contribution in [3.05, 3.63) is 0 Å². The molecule has 2 aliphatic rings. The first-order valence-electron chi connectivity index (χ1n) is 5.65. The largest absolute Gasteiger partial charge is 0.481 e. The first-order valence-corrected chi connectivity index (χ1v) is 5.65. The summed E-state index contributed by atoms with van der Waals surface area (Å²) >= 11 is 0. The third kappa shape index (κ3) is 1.98. The highest BCUT2D eigenvalue weighted by Gasteiger charge is 2.50. The number of carboxylic acids is 1. The smallest absolute Gasteiger partial charge is 0.307 e. The molecule has 1 unspecified atom stereocenters. The van der Waals surface area contributed by atoms with Crippen LogP contribution in [0.2, 0.25) is 0 Å². The van der Waals surface area contributed by atoms with Crippen LogP contribution in [0.5, 0.6) is 0 Å². The van der Waals surface area contributed by atoms with Crippen molar-refractivity contribution in [3.8, 4) is 0 Å². The molecule has 1 saturated heterocycles. The zero-order valence-electron chi connectivity index (χ0n) is 8.98. The number of amides is 1. The second-order valence-electron chi connectivity index (χ2n) is 4.63. The van der Waals surface area contributed by atoms with Gasteiger partial charge in [-0.15, -0.1) is 0 Å². The standard InChI is InChI=1S/C11H17NO3/c1-2-7-3-4-12(6-7)10(13)8-5-9(8)11(14)15/h7-9H,2-6H2,1H3,(H,14,15)/t7?,8-,9+/m1/s1. The maximum Gasteiger partial charge on any atom is 0.307 e. The summed E-state index contributed by atoms with van der Waals surface area (Å²) in [5, 5.41) is 8.74. The maximum absolute atomic E-state index is 11.8. The topological polar surface area (TPSA) is 57.6 Å². The summed E-state index contributed by atoms with van der Waals surface area (Å²) < 4.78 is 0. The van der Waals surface area contributed by atoms with Gasteiger partial charge in [0.15, 0.2) is 0 Å². The van der Waals surface area contributed by atoms with E-state index in [4.69, 9.17) is 5.11 Å². The van der Waals surface area contributed by atoms with E-state index in [9.17, 15) is 9.59 Å². The molecule has 2 rings (SSSR count). The molecule has 4 heteroatoms. The van der Waals surface area contributed by atoms with Crippen molar-refractivity contribution in [2.75, 3.05) is 13.1 Å². The molecule has 0 aromatic rings. The van der Waals surface area contributed by atoms with Gasteiger partial charge in [-0.05, 0) is 18.8 Å². The fraction of sp³-hybridized carbons (Fsp3) is 0.818. The molecule has 0 bridgehead atoms. The van der Waals surface area contributed by atoms with Crippen LogP contribution < -0.4 is 0 Å². The molecule has 0 aromatic carbocycles. The van der Waals surface area contributed by atoms with Gasteiger partial charge in [-0.1, -0.05) is 13.3 Å². The van der Waals surface area contributed by atoms with E-state index in [-0.39, 0.29) is 11.8 Å². The SMILES string of the molecule is CCC1CCN(C(=O)[C@@H]2C[C@@H]2C(=O)O)C1. The Morgan fingerprint density at radius 3 is 2.60 bits per heavy atom. The molecule has 3 atom stereocenters. The van der Waals surface area contributed by atoms with Crippen molar-refractivity contribution in [2.45, 2.75) is 26.2 Å². The summed E-state index contributed by atoms with van der Waals surface area (Å²) in [5.41, 5.74) is 0. The Balaban J connectivity index is 1.86. The minimum atomic E-state index is -0.820. The molecule has 0 spiro atoms. The Morgan fingerprint density at radius 2 is 2.13 bits per heavy atom. The first-order chi connectivity index (χ1) is 7.13. The minimum absolute atomic E-state index is 0.0679. The zero-order chi connectivity index (χ0) is 11.0. The van der Waals surface area contributed by atoms with Crippen molar-refractivity contribution in [1.82, 2.24) is 4.90 Å². The van der Waals surface area contributed by atoms with Gasteiger partial charge in [0.1, 0.15) is 0 Å². The van der Waals surface area contributed by atoms with Crippen molar-refractivity contribution in [3.63, 3.8) is 0 Å². The number of carboxylic acid groups (broad SMARTS) is 1. The number of hydrogen-bond acceptors (Lipinski definition) is 2.